The molecule has 0 spiro atoms. The Kier molecular flexibility index (Phi) is 4.98. The van der Waals surface area contributed by atoms with E-state index < -0.39 is 11.9 Å². The van der Waals surface area contributed by atoms with Crippen molar-refractivity contribution in [3.8, 4) is 5.75 Å². The molecule has 1 fully saturated rings. The van der Waals surface area contributed by atoms with Crippen molar-refractivity contribution < 1.29 is 23.7 Å². The van der Waals surface area contributed by atoms with E-state index in [0.29, 0.717) is 6.61 Å². The van der Waals surface area contributed by atoms with Gasteiger partial charge < -0.3 is 18.9 Å². The highest BCUT2D eigenvalue weighted by Gasteiger charge is 2.35. The first-order chi connectivity index (χ1) is 10.00. The smallest absolute Gasteiger partial charge is 0.189 e. The lowest BCUT2D eigenvalue weighted by Gasteiger charge is -2.15. The largest absolute Gasteiger partial charge is 0.497 e. The van der Waals surface area contributed by atoms with Crippen LogP contribution < -0.4 is 4.74 Å². The number of carbonyl (C=O) groups is 1. The van der Waals surface area contributed by atoms with E-state index in [4.69, 9.17) is 18.9 Å². The Morgan fingerprint density at radius 1 is 1.38 bits per heavy atom. The maximum absolute atomic E-state index is 11.8. The quantitative estimate of drug-likeness (QED) is 0.595. The number of ketones is 1. The summed E-state index contributed by atoms with van der Waals surface area (Å²) in [6.07, 6.45) is 2.21. The number of carbonyl (C=O) groups excluding carboxylic acids is 1. The summed E-state index contributed by atoms with van der Waals surface area (Å²) in [7, 11) is 1.62. The van der Waals surface area contributed by atoms with Crippen molar-refractivity contribution in [3.63, 3.8) is 0 Å². The Balaban J connectivity index is 1.76. The molecule has 1 aromatic rings. The van der Waals surface area contributed by atoms with Crippen molar-refractivity contribution in [1.29, 1.82) is 0 Å². The fourth-order valence-electron chi connectivity index (χ4n) is 1.92. The van der Waals surface area contributed by atoms with Gasteiger partial charge in [-0.2, -0.15) is 0 Å². The third-order valence-corrected chi connectivity index (χ3v) is 3.06. The number of rotatable bonds is 6. The summed E-state index contributed by atoms with van der Waals surface area (Å²) in [5.74, 6) is -0.0567. The van der Waals surface area contributed by atoms with E-state index in [0.717, 1.165) is 11.3 Å². The number of benzene rings is 1. The molecule has 2 rings (SSSR count). The first-order valence-electron chi connectivity index (χ1n) is 6.77. The minimum Gasteiger partial charge on any atom is -0.497 e. The molecular weight excluding hydrogens is 272 g/mol. The van der Waals surface area contributed by atoms with Crippen LogP contribution in [0.25, 0.3) is 0 Å². The molecule has 0 aromatic heterocycles. The monoisotopic (exact) mass is 292 g/mol. The van der Waals surface area contributed by atoms with Crippen LogP contribution in [0, 0.1) is 0 Å². The Morgan fingerprint density at radius 3 is 2.67 bits per heavy atom. The first-order valence-corrected chi connectivity index (χ1v) is 6.77. The van der Waals surface area contributed by atoms with E-state index in [2.05, 4.69) is 0 Å². The summed E-state index contributed by atoms with van der Waals surface area (Å²) >= 11 is 0. The molecule has 1 aliphatic heterocycles. The molecule has 1 aliphatic rings. The van der Waals surface area contributed by atoms with Crippen LogP contribution >= 0.6 is 0 Å². The summed E-state index contributed by atoms with van der Waals surface area (Å²) in [4.78, 5) is 11.8. The number of hydrogen-bond donors (Lipinski definition) is 0. The molecule has 0 aliphatic carbocycles. The second-order valence-corrected chi connectivity index (χ2v) is 5.18. The number of ether oxygens (including phenoxy) is 4. The summed E-state index contributed by atoms with van der Waals surface area (Å²) in [5.41, 5.74) is 0.995. The van der Waals surface area contributed by atoms with Gasteiger partial charge in [-0.05, 0) is 31.5 Å². The van der Waals surface area contributed by atoms with Gasteiger partial charge in [0.05, 0.1) is 20.0 Å². The van der Waals surface area contributed by atoms with Crippen LogP contribution in [-0.4, -0.2) is 31.4 Å². The van der Waals surface area contributed by atoms with Crippen LogP contribution in [-0.2, 0) is 25.6 Å². The van der Waals surface area contributed by atoms with Gasteiger partial charge >= 0.3 is 0 Å². The predicted octanol–water partition coefficient (Wildman–Crippen LogP) is 2.45. The minimum absolute atomic E-state index is 0.157. The van der Waals surface area contributed by atoms with E-state index in [-0.39, 0.29) is 12.4 Å². The molecular formula is C16H20O5. The molecule has 1 saturated heterocycles. The molecule has 114 valence electrons. The van der Waals surface area contributed by atoms with E-state index in [1.165, 1.54) is 12.3 Å². The first kappa shape index (κ1) is 15.5. The zero-order chi connectivity index (χ0) is 15.3. The fraction of sp³-hybridized carbons (Fsp3) is 0.438. The van der Waals surface area contributed by atoms with Gasteiger partial charge in [0.2, 0.25) is 0 Å². The van der Waals surface area contributed by atoms with E-state index in [1.807, 2.05) is 24.3 Å². The highest BCUT2D eigenvalue weighted by Crippen LogP contribution is 2.22. The highest BCUT2D eigenvalue weighted by atomic mass is 16.7. The van der Waals surface area contributed by atoms with Crippen LogP contribution in [0.5, 0.6) is 5.75 Å². The van der Waals surface area contributed by atoms with Gasteiger partial charge in [0, 0.05) is 6.08 Å². The van der Waals surface area contributed by atoms with Crippen LogP contribution in [0.15, 0.2) is 36.6 Å². The average Bonchev–Trinajstić information content (AvgIpc) is 2.84. The number of hydrogen-bond acceptors (Lipinski definition) is 5. The standard InChI is InChI=1S/C16H20O5/c1-16(2)20-11-15(21-16)14(17)8-9-19-10-12-4-6-13(18-3)7-5-12/h4-9,15H,10-11H2,1-3H3/b9-8+/t15-/m1/s1. The Hall–Kier alpha value is -1.85. The lowest BCUT2D eigenvalue weighted by atomic mass is 10.2. The van der Waals surface area contributed by atoms with Crippen molar-refractivity contribution >= 4 is 5.78 Å². The van der Waals surface area contributed by atoms with Crippen molar-refractivity contribution in [2.24, 2.45) is 0 Å². The lowest BCUT2D eigenvalue weighted by Crippen LogP contribution is -2.25. The van der Waals surface area contributed by atoms with Crippen LogP contribution in [0.4, 0.5) is 0 Å². The number of methoxy groups -OCH3 is 1. The zero-order valence-electron chi connectivity index (χ0n) is 12.5. The normalized spacial score (nSPS) is 20.6. The summed E-state index contributed by atoms with van der Waals surface area (Å²) in [5, 5.41) is 0. The van der Waals surface area contributed by atoms with Gasteiger partial charge in [0.25, 0.3) is 0 Å². The molecule has 5 nitrogen and oxygen atoms in total. The van der Waals surface area contributed by atoms with Gasteiger partial charge in [-0.25, -0.2) is 0 Å². The van der Waals surface area contributed by atoms with Crippen molar-refractivity contribution in [3.05, 3.63) is 42.2 Å². The average molecular weight is 292 g/mol. The lowest BCUT2D eigenvalue weighted by molar-refractivity contribution is -0.149. The Labute approximate surface area is 124 Å². The van der Waals surface area contributed by atoms with Crippen LogP contribution in [0.3, 0.4) is 0 Å². The molecule has 5 heteroatoms. The van der Waals surface area contributed by atoms with Gasteiger partial charge in [0.1, 0.15) is 18.5 Å². The fourth-order valence-corrected chi connectivity index (χ4v) is 1.92. The Bertz CT molecular complexity index is 504. The van der Waals surface area contributed by atoms with Crippen LogP contribution in [0.2, 0.25) is 0 Å². The molecule has 1 atom stereocenters. The SMILES string of the molecule is COc1ccc(CO/C=C/C(=O)[C@H]2COC(C)(C)O2)cc1. The molecule has 0 saturated carbocycles. The maximum atomic E-state index is 11.8. The molecule has 0 amide bonds. The van der Waals surface area contributed by atoms with E-state index in [9.17, 15) is 4.79 Å². The minimum atomic E-state index is -0.696. The third-order valence-electron chi connectivity index (χ3n) is 3.06. The predicted molar refractivity (Wildman–Crippen MR) is 76.8 cm³/mol. The van der Waals surface area contributed by atoms with Gasteiger partial charge in [-0.15, -0.1) is 0 Å². The van der Waals surface area contributed by atoms with Crippen molar-refractivity contribution in [1.82, 2.24) is 0 Å². The Morgan fingerprint density at radius 2 is 2.10 bits per heavy atom. The molecule has 21 heavy (non-hydrogen) atoms. The van der Waals surface area contributed by atoms with E-state index >= 15 is 0 Å². The summed E-state index contributed by atoms with van der Waals surface area (Å²) in [6, 6.07) is 7.54. The van der Waals surface area contributed by atoms with Crippen LogP contribution in [0.1, 0.15) is 19.4 Å². The van der Waals surface area contributed by atoms with Gasteiger partial charge in [0.15, 0.2) is 11.6 Å². The molecule has 1 aromatic carbocycles. The van der Waals surface area contributed by atoms with Crippen molar-refractivity contribution in [2.45, 2.75) is 32.3 Å². The molecule has 0 bridgehead atoms. The highest BCUT2D eigenvalue weighted by molar-refractivity contribution is 5.93. The maximum Gasteiger partial charge on any atom is 0.189 e. The van der Waals surface area contributed by atoms with Crippen molar-refractivity contribution in [2.75, 3.05) is 13.7 Å². The third kappa shape index (κ3) is 4.58. The van der Waals surface area contributed by atoms with Gasteiger partial charge in [-0.1, -0.05) is 12.1 Å². The molecule has 1 heterocycles. The zero-order valence-corrected chi connectivity index (χ0v) is 12.5. The summed E-state index contributed by atoms with van der Waals surface area (Å²) in [6.45, 7) is 4.23. The molecule has 0 unspecified atom stereocenters. The summed E-state index contributed by atoms with van der Waals surface area (Å²) < 4.78 is 21.2. The van der Waals surface area contributed by atoms with Gasteiger partial charge in [-0.3, -0.25) is 4.79 Å². The molecule has 0 radical (unpaired) electrons. The topological polar surface area (TPSA) is 54.0 Å². The second kappa shape index (κ2) is 6.74. The van der Waals surface area contributed by atoms with E-state index in [1.54, 1.807) is 21.0 Å². The second-order valence-electron chi connectivity index (χ2n) is 5.18. The molecule has 0 N–H and O–H groups in total.